The van der Waals surface area contributed by atoms with Crippen LogP contribution in [0.4, 0.5) is 0 Å². The van der Waals surface area contributed by atoms with Crippen molar-refractivity contribution in [3.05, 3.63) is 212 Å². The van der Waals surface area contributed by atoms with Crippen molar-refractivity contribution in [1.82, 2.24) is 9.55 Å². The fraction of sp³-hybridized carbons (Fsp3) is 0. The molecule has 0 spiro atoms. The van der Waals surface area contributed by atoms with Gasteiger partial charge in [0, 0.05) is 21.5 Å². The first-order chi connectivity index (χ1) is 26.7. The molecule has 5 heteroatoms. The Bertz CT molecular complexity index is 2730. The molecule has 8 aromatic carbocycles. The lowest BCUT2D eigenvalue weighted by molar-refractivity contribution is 0.592. The molecule has 9 aromatic rings. The third kappa shape index (κ3) is 4.88. The van der Waals surface area contributed by atoms with E-state index in [2.05, 4.69) is 150 Å². The molecule has 0 aliphatic carbocycles. The van der Waals surface area contributed by atoms with Crippen LogP contribution in [0.15, 0.2) is 212 Å². The zero-order valence-electron chi connectivity index (χ0n) is 29.5. The monoisotopic (exact) mass is 726 g/mol. The minimum absolute atomic E-state index is 0.823. The van der Waals surface area contributed by atoms with Crippen LogP contribution in [0.3, 0.4) is 0 Å². The number of nitrogens with zero attached hydrogens (tertiary/aromatic N) is 2. The Balaban J connectivity index is 1.18. The number of benzene rings is 8. The Morgan fingerprint density at radius 1 is 0.426 bits per heavy atom. The third-order valence-corrected chi connectivity index (χ3v) is 18.9. The molecule has 0 amide bonds. The molecule has 0 bridgehead atoms. The van der Waals surface area contributed by atoms with Crippen LogP contribution < -0.4 is 36.7 Å². The Morgan fingerprint density at radius 2 is 0.926 bits per heavy atom. The Labute approximate surface area is 316 Å². The number of para-hydroxylation sites is 1. The highest BCUT2D eigenvalue weighted by atomic mass is 31.2. The molecule has 54 heavy (non-hydrogen) atoms. The van der Waals surface area contributed by atoms with E-state index in [1.807, 2.05) is 66.7 Å². The predicted octanol–water partition coefficient (Wildman–Crippen LogP) is 7.69. The number of fused-ring (bicyclic) bond motifs is 2. The fourth-order valence-corrected chi connectivity index (χ4v) is 16.3. The van der Waals surface area contributed by atoms with Gasteiger partial charge in [-0.1, -0.05) is 188 Å². The highest BCUT2D eigenvalue weighted by molar-refractivity contribution is 7.86. The standard InChI is InChI=1S/C49H35N2OPSi/c52-53(39-19-8-2-9-20-39)46-28-16-27-44-48(46)51(49(50-44)37-17-6-1-7-18-37)45-34-31-38(35-47(45)53)36-29-32-43(33-30-36)54(40-21-10-3-11-22-40,41-23-12-4-13-24-41)42-25-14-5-15-26-42/h1-35H. The Morgan fingerprint density at radius 3 is 1.50 bits per heavy atom. The summed E-state index contributed by atoms with van der Waals surface area (Å²) in [6.45, 7) is 0. The second-order valence-electron chi connectivity index (χ2n) is 13.9. The third-order valence-electron chi connectivity index (χ3n) is 11.0. The summed E-state index contributed by atoms with van der Waals surface area (Å²) in [6, 6.07) is 75.0. The summed E-state index contributed by atoms with van der Waals surface area (Å²) in [4.78, 5) is 5.15. The molecule has 0 saturated carbocycles. The van der Waals surface area contributed by atoms with Crippen LogP contribution in [0, 0.1) is 0 Å². The lowest BCUT2D eigenvalue weighted by Gasteiger charge is -2.34. The molecule has 2 heterocycles. The van der Waals surface area contributed by atoms with Crippen molar-refractivity contribution >= 4 is 62.9 Å². The maximum atomic E-state index is 16.0. The first-order valence-electron chi connectivity index (χ1n) is 18.3. The normalized spacial score (nSPS) is 14.8. The van der Waals surface area contributed by atoms with E-state index in [1.165, 1.54) is 20.7 Å². The zero-order valence-corrected chi connectivity index (χ0v) is 31.4. The van der Waals surface area contributed by atoms with Crippen LogP contribution in [-0.2, 0) is 4.57 Å². The van der Waals surface area contributed by atoms with E-state index in [4.69, 9.17) is 4.98 Å². The van der Waals surface area contributed by atoms with Crippen LogP contribution in [0.5, 0.6) is 0 Å². The molecule has 1 aliphatic heterocycles. The number of imidazole rings is 1. The highest BCUT2D eigenvalue weighted by Gasteiger charge is 2.42. The number of hydrogen-bond acceptors (Lipinski definition) is 2. The van der Waals surface area contributed by atoms with Gasteiger partial charge in [0.05, 0.1) is 16.7 Å². The average molecular weight is 727 g/mol. The van der Waals surface area contributed by atoms with Gasteiger partial charge in [0.1, 0.15) is 5.82 Å². The van der Waals surface area contributed by atoms with E-state index >= 15 is 4.57 Å². The minimum atomic E-state index is -3.30. The predicted molar refractivity (Wildman–Crippen MR) is 229 cm³/mol. The van der Waals surface area contributed by atoms with Crippen LogP contribution in [0.1, 0.15) is 0 Å². The Hall–Kier alpha value is -6.32. The molecular weight excluding hydrogens is 692 g/mol. The largest absolute Gasteiger partial charge is 0.308 e. The van der Waals surface area contributed by atoms with Gasteiger partial charge in [-0.2, -0.15) is 0 Å². The molecule has 10 rings (SSSR count). The van der Waals surface area contributed by atoms with Crippen LogP contribution in [-0.4, -0.2) is 17.6 Å². The summed E-state index contributed by atoms with van der Waals surface area (Å²) in [7, 11) is -5.97. The lowest BCUT2D eigenvalue weighted by Crippen LogP contribution is -2.74. The van der Waals surface area contributed by atoms with Crippen molar-refractivity contribution in [3.8, 4) is 28.2 Å². The SMILES string of the molecule is O=P1(c2ccccc2)c2cc(-c3ccc([Si](c4ccccc4)(c4ccccc4)c4ccccc4)cc3)ccc2-n2c(-c3ccccc3)nc3cccc1c32. The van der Waals surface area contributed by atoms with Gasteiger partial charge in [-0.05, 0) is 56.1 Å². The van der Waals surface area contributed by atoms with E-state index in [9.17, 15) is 0 Å². The molecule has 1 aliphatic rings. The van der Waals surface area contributed by atoms with Crippen LogP contribution in [0.2, 0.25) is 0 Å². The summed E-state index contributed by atoms with van der Waals surface area (Å²) in [6.07, 6.45) is 0. The number of rotatable bonds is 7. The molecule has 1 aromatic heterocycles. The topological polar surface area (TPSA) is 34.9 Å². The second kappa shape index (κ2) is 13.0. The number of hydrogen-bond donors (Lipinski definition) is 0. The summed E-state index contributed by atoms with van der Waals surface area (Å²) in [5.41, 5.74) is 5.79. The molecule has 3 nitrogen and oxygen atoms in total. The van der Waals surface area contributed by atoms with Gasteiger partial charge < -0.3 is 4.57 Å². The maximum absolute atomic E-state index is 16.0. The summed E-state index contributed by atoms with van der Waals surface area (Å²) in [5.74, 6) is 0.847. The zero-order chi connectivity index (χ0) is 36.1. The lowest BCUT2D eigenvalue weighted by atomic mass is 10.1. The smallest absolute Gasteiger partial charge is 0.179 e. The van der Waals surface area contributed by atoms with Gasteiger partial charge in [0.15, 0.2) is 15.2 Å². The maximum Gasteiger partial charge on any atom is 0.179 e. The first-order valence-corrected chi connectivity index (χ1v) is 22.0. The molecule has 1 atom stereocenters. The molecule has 0 N–H and O–H groups in total. The molecular formula is C49H35N2OPSi. The van der Waals surface area contributed by atoms with Crippen molar-refractivity contribution in [2.24, 2.45) is 0 Å². The molecule has 1 unspecified atom stereocenters. The fourth-order valence-electron chi connectivity index (χ4n) is 8.55. The second-order valence-corrected chi connectivity index (χ2v) is 20.4. The van der Waals surface area contributed by atoms with Crippen molar-refractivity contribution in [3.63, 3.8) is 0 Å². The van der Waals surface area contributed by atoms with Crippen molar-refractivity contribution in [2.45, 2.75) is 0 Å². The summed E-state index contributed by atoms with van der Waals surface area (Å²) >= 11 is 0. The molecule has 0 radical (unpaired) electrons. The quantitative estimate of drug-likeness (QED) is 0.0960. The molecule has 0 fully saturated rings. The highest BCUT2D eigenvalue weighted by Crippen LogP contribution is 2.50. The first kappa shape index (κ1) is 32.3. The van der Waals surface area contributed by atoms with Crippen molar-refractivity contribution < 1.29 is 4.57 Å². The van der Waals surface area contributed by atoms with Gasteiger partial charge in [-0.25, -0.2) is 4.98 Å². The van der Waals surface area contributed by atoms with Gasteiger partial charge >= 0.3 is 0 Å². The Kier molecular flexibility index (Phi) is 7.76. The van der Waals surface area contributed by atoms with E-state index in [0.29, 0.717) is 0 Å². The van der Waals surface area contributed by atoms with E-state index in [-0.39, 0.29) is 0 Å². The summed E-state index contributed by atoms with van der Waals surface area (Å²) < 4.78 is 18.2. The van der Waals surface area contributed by atoms with E-state index < -0.39 is 15.2 Å². The van der Waals surface area contributed by atoms with E-state index in [0.717, 1.165) is 55.1 Å². The van der Waals surface area contributed by atoms with Gasteiger partial charge in [0.25, 0.3) is 0 Å². The number of aromatic nitrogens is 2. The van der Waals surface area contributed by atoms with E-state index in [1.54, 1.807) is 0 Å². The van der Waals surface area contributed by atoms with Crippen LogP contribution >= 0.6 is 7.14 Å². The van der Waals surface area contributed by atoms with Crippen molar-refractivity contribution in [1.29, 1.82) is 0 Å². The molecule has 256 valence electrons. The molecule has 0 saturated heterocycles. The van der Waals surface area contributed by atoms with Gasteiger partial charge in [-0.3, -0.25) is 4.57 Å². The minimum Gasteiger partial charge on any atom is -0.308 e. The van der Waals surface area contributed by atoms with Crippen molar-refractivity contribution in [2.75, 3.05) is 0 Å². The van der Waals surface area contributed by atoms with Crippen LogP contribution in [0.25, 0.3) is 39.2 Å². The van der Waals surface area contributed by atoms with Gasteiger partial charge in [-0.15, -0.1) is 0 Å². The summed E-state index contributed by atoms with van der Waals surface area (Å²) in [5, 5.41) is 7.80. The van der Waals surface area contributed by atoms with Gasteiger partial charge in [0.2, 0.25) is 0 Å². The average Bonchev–Trinajstić information content (AvgIpc) is 3.65.